The van der Waals surface area contributed by atoms with Crippen LogP contribution in [-0.4, -0.2) is 42.3 Å². The molecule has 6 heteroatoms. The van der Waals surface area contributed by atoms with Gasteiger partial charge >= 0.3 is 5.97 Å². The van der Waals surface area contributed by atoms with Gasteiger partial charge in [-0.25, -0.2) is 0 Å². The van der Waals surface area contributed by atoms with Gasteiger partial charge in [-0.05, 0) is 12.3 Å². The minimum atomic E-state index is -0.884. The van der Waals surface area contributed by atoms with Crippen molar-refractivity contribution >= 4 is 11.9 Å². The maximum absolute atomic E-state index is 11.8. The van der Waals surface area contributed by atoms with Gasteiger partial charge in [-0.15, -0.1) is 0 Å². The summed E-state index contributed by atoms with van der Waals surface area (Å²) in [5.41, 5.74) is 6.34. The van der Waals surface area contributed by atoms with E-state index in [0.29, 0.717) is 6.42 Å². The summed E-state index contributed by atoms with van der Waals surface area (Å²) in [6, 6.07) is -0.557. The highest BCUT2D eigenvalue weighted by molar-refractivity contribution is 5.75. The maximum atomic E-state index is 11.8. The molecule has 0 aliphatic heterocycles. The standard InChI is InChI=1S/C15H28N2O4/c1-5-9(6-2)13(16)12-11(17-8(3)18)7-10(14(12)19)15(20)21-4/h9-14,19H,5-7,16H2,1-4H3,(H,17,18)/t10-,11+,12+,13-,14+/m0/s1. The molecule has 1 amide bonds. The average molecular weight is 300 g/mol. The molecule has 0 unspecified atom stereocenters. The first-order valence-electron chi connectivity index (χ1n) is 7.65. The molecule has 122 valence electrons. The van der Waals surface area contributed by atoms with Crippen LogP contribution in [0.1, 0.15) is 40.0 Å². The fourth-order valence-corrected chi connectivity index (χ4v) is 3.52. The second-order valence-corrected chi connectivity index (χ2v) is 5.89. The van der Waals surface area contributed by atoms with E-state index in [2.05, 4.69) is 19.2 Å². The second kappa shape index (κ2) is 7.75. The van der Waals surface area contributed by atoms with Crippen LogP contribution in [0.2, 0.25) is 0 Å². The number of aliphatic hydroxyl groups is 1. The number of hydrogen-bond donors (Lipinski definition) is 3. The smallest absolute Gasteiger partial charge is 0.311 e. The zero-order valence-corrected chi connectivity index (χ0v) is 13.3. The summed E-state index contributed by atoms with van der Waals surface area (Å²) in [7, 11) is 1.30. The Labute approximate surface area is 126 Å². The van der Waals surface area contributed by atoms with Crippen molar-refractivity contribution in [3.8, 4) is 0 Å². The zero-order valence-electron chi connectivity index (χ0n) is 13.3. The number of aliphatic hydroxyl groups excluding tert-OH is 1. The van der Waals surface area contributed by atoms with E-state index >= 15 is 0 Å². The van der Waals surface area contributed by atoms with Gasteiger partial charge in [-0.1, -0.05) is 26.7 Å². The molecule has 1 aliphatic carbocycles. The quantitative estimate of drug-likeness (QED) is 0.617. The summed E-state index contributed by atoms with van der Waals surface area (Å²) in [6.07, 6.45) is 1.28. The van der Waals surface area contributed by atoms with Crippen LogP contribution in [-0.2, 0) is 14.3 Å². The lowest BCUT2D eigenvalue weighted by Gasteiger charge is -2.33. The van der Waals surface area contributed by atoms with Crippen molar-refractivity contribution in [2.75, 3.05) is 7.11 Å². The normalized spacial score (nSPS) is 30.2. The largest absolute Gasteiger partial charge is 0.469 e. The summed E-state index contributed by atoms with van der Waals surface area (Å²) < 4.78 is 4.75. The molecule has 0 heterocycles. The molecule has 1 rings (SSSR count). The second-order valence-electron chi connectivity index (χ2n) is 5.89. The minimum Gasteiger partial charge on any atom is -0.469 e. The number of carbonyl (C=O) groups excluding carboxylic acids is 2. The number of ether oxygens (including phenoxy) is 1. The van der Waals surface area contributed by atoms with E-state index in [-0.39, 0.29) is 29.8 Å². The Morgan fingerprint density at radius 3 is 2.38 bits per heavy atom. The van der Waals surface area contributed by atoms with Crippen LogP contribution < -0.4 is 11.1 Å². The molecule has 0 aromatic heterocycles. The number of carbonyl (C=O) groups is 2. The summed E-state index contributed by atoms with van der Waals surface area (Å²) in [5.74, 6) is -1.34. The fourth-order valence-electron chi connectivity index (χ4n) is 3.52. The van der Waals surface area contributed by atoms with Crippen molar-refractivity contribution in [2.45, 2.75) is 58.2 Å². The van der Waals surface area contributed by atoms with Crippen molar-refractivity contribution in [3.63, 3.8) is 0 Å². The molecular formula is C15H28N2O4. The lowest BCUT2D eigenvalue weighted by Crippen LogP contribution is -2.50. The number of amides is 1. The maximum Gasteiger partial charge on any atom is 0.311 e. The van der Waals surface area contributed by atoms with Crippen LogP contribution in [0.4, 0.5) is 0 Å². The van der Waals surface area contributed by atoms with E-state index in [9.17, 15) is 14.7 Å². The van der Waals surface area contributed by atoms with Crippen LogP contribution in [0.3, 0.4) is 0 Å². The third-order valence-electron chi connectivity index (χ3n) is 4.71. The summed E-state index contributed by atoms with van der Waals surface area (Å²) in [5, 5.41) is 13.3. The van der Waals surface area contributed by atoms with Crippen molar-refractivity contribution in [1.29, 1.82) is 0 Å². The molecule has 4 N–H and O–H groups in total. The van der Waals surface area contributed by atoms with Gasteiger partial charge < -0.3 is 20.9 Å². The van der Waals surface area contributed by atoms with Gasteiger partial charge in [-0.2, -0.15) is 0 Å². The molecule has 0 aromatic rings. The van der Waals surface area contributed by atoms with Gasteiger partial charge in [0.25, 0.3) is 0 Å². The Kier molecular flexibility index (Phi) is 6.61. The molecule has 21 heavy (non-hydrogen) atoms. The van der Waals surface area contributed by atoms with E-state index < -0.39 is 18.0 Å². The Bertz CT molecular complexity index is 371. The first-order chi connectivity index (χ1) is 9.87. The van der Waals surface area contributed by atoms with Gasteiger partial charge in [0.1, 0.15) is 0 Å². The van der Waals surface area contributed by atoms with Gasteiger partial charge in [-0.3, -0.25) is 9.59 Å². The van der Waals surface area contributed by atoms with E-state index in [4.69, 9.17) is 10.5 Å². The van der Waals surface area contributed by atoms with E-state index in [1.165, 1.54) is 14.0 Å². The van der Waals surface area contributed by atoms with Crippen molar-refractivity contribution in [1.82, 2.24) is 5.32 Å². The number of nitrogens with two attached hydrogens (primary N) is 1. The lowest BCUT2D eigenvalue weighted by molar-refractivity contribution is -0.149. The first kappa shape index (κ1) is 17.9. The Morgan fingerprint density at radius 1 is 1.38 bits per heavy atom. The summed E-state index contributed by atoms with van der Waals surface area (Å²) in [4.78, 5) is 23.2. The van der Waals surface area contributed by atoms with Gasteiger partial charge in [0.2, 0.25) is 5.91 Å². The van der Waals surface area contributed by atoms with Gasteiger partial charge in [0.05, 0.1) is 19.1 Å². The van der Waals surface area contributed by atoms with Crippen LogP contribution >= 0.6 is 0 Å². The van der Waals surface area contributed by atoms with E-state index in [0.717, 1.165) is 12.8 Å². The summed E-state index contributed by atoms with van der Waals surface area (Å²) in [6.45, 7) is 5.54. The molecule has 0 aromatic carbocycles. The molecule has 0 radical (unpaired) electrons. The van der Waals surface area contributed by atoms with Gasteiger partial charge in [0.15, 0.2) is 0 Å². The minimum absolute atomic E-state index is 0.181. The SMILES string of the molecule is CCC(CC)[C@H](N)[C@@H]1[C@H](O)[C@@H](C(=O)OC)C[C@H]1NC(C)=O. The first-order valence-corrected chi connectivity index (χ1v) is 7.65. The van der Waals surface area contributed by atoms with Crippen molar-refractivity contribution < 1.29 is 19.4 Å². The third kappa shape index (κ3) is 3.95. The number of rotatable bonds is 6. The fraction of sp³-hybridized carbons (Fsp3) is 0.867. The van der Waals surface area contributed by atoms with Crippen molar-refractivity contribution in [3.05, 3.63) is 0 Å². The molecular weight excluding hydrogens is 272 g/mol. The Balaban J connectivity index is 2.98. The predicted molar refractivity (Wildman–Crippen MR) is 79.3 cm³/mol. The summed E-state index contributed by atoms with van der Waals surface area (Å²) >= 11 is 0. The van der Waals surface area contributed by atoms with Crippen molar-refractivity contribution in [2.24, 2.45) is 23.5 Å². The van der Waals surface area contributed by atoms with Crippen LogP contribution in [0, 0.1) is 17.8 Å². The highest BCUT2D eigenvalue weighted by Crippen LogP contribution is 2.37. The highest BCUT2D eigenvalue weighted by atomic mass is 16.5. The molecule has 1 fully saturated rings. The van der Waals surface area contributed by atoms with Crippen LogP contribution in [0.15, 0.2) is 0 Å². The zero-order chi connectivity index (χ0) is 16.2. The number of hydrogen-bond acceptors (Lipinski definition) is 5. The van der Waals surface area contributed by atoms with E-state index in [1.54, 1.807) is 0 Å². The third-order valence-corrected chi connectivity index (χ3v) is 4.71. The highest BCUT2D eigenvalue weighted by Gasteiger charge is 2.49. The number of nitrogens with one attached hydrogen (secondary N) is 1. The molecule has 1 saturated carbocycles. The Morgan fingerprint density at radius 2 is 1.95 bits per heavy atom. The Hall–Kier alpha value is -1.14. The van der Waals surface area contributed by atoms with Crippen LogP contribution in [0.25, 0.3) is 0 Å². The topological polar surface area (TPSA) is 102 Å². The molecule has 0 bridgehead atoms. The van der Waals surface area contributed by atoms with E-state index in [1.807, 2.05) is 0 Å². The molecule has 0 saturated heterocycles. The van der Waals surface area contributed by atoms with Crippen LogP contribution in [0.5, 0.6) is 0 Å². The molecule has 1 aliphatic rings. The predicted octanol–water partition coefficient (Wildman–Crippen LogP) is 0.425. The molecule has 5 atom stereocenters. The lowest BCUT2D eigenvalue weighted by atomic mass is 9.81. The average Bonchev–Trinajstić information content (AvgIpc) is 2.75. The number of methoxy groups -OCH3 is 1. The monoisotopic (exact) mass is 300 g/mol. The van der Waals surface area contributed by atoms with Gasteiger partial charge in [0, 0.05) is 24.9 Å². The molecule has 6 nitrogen and oxygen atoms in total. The number of esters is 1. The molecule has 0 spiro atoms.